The zero-order chi connectivity index (χ0) is 107. The Hall–Kier alpha value is -5.28. The van der Waals surface area contributed by atoms with Gasteiger partial charge in [0.1, 0.15) is 61.0 Å². The molecule has 10 aromatic carbocycles. The molecule has 0 aliphatic heterocycles. The number of aliphatic hydroxyl groups excluding tert-OH is 10. The topological polar surface area (TPSA) is 607 Å². The molecule has 0 heterocycles. The van der Waals surface area contributed by atoms with Crippen LogP contribution < -0.4 is 191 Å². The SMILES string of the molecule is C=O.C=O.C=O.C=O.C=O.C=O.CCCCC(CO)N(CCS(=O)(=O)[O-])C(CO)CCCC.O=S(=O)([O-])CCN(C(CO)c1ccccc1)C(CO)c1ccccc1.O=S(=O)([O-])CCN(C(CO)c1ccccc1)C(CO)c1ccccc1.O=S(=O)([O-])c1ccccc1N(C(CO)c1ccccc1)C(CO)c1ccccc1.O=S(=O)([O-])c1ccccc1N(C(CO)c1ccccc1)C(CO)c1ccccc1.[K+].[K+].[Li+].[Na+].[Na+]. The molecule has 10 N–H and O–H groups in total. The second-order valence-electron chi connectivity index (χ2n) is 30.0. The van der Waals surface area contributed by atoms with E-state index in [1.165, 1.54) is 36.4 Å². The first-order valence-electron chi connectivity index (χ1n) is 43.7. The maximum absolute atomic E-state index is 11.9. The van der Waals surface area contributed by atoms with E-state index in [0.717, 1.165) is 83.0 Å². The van der Waals surface area contributed by atoms with Gasteiger partial charge >= 0.3 is 181 Å². The molecule has 36 nitrogen and oxygen atoms in total. The fraction of sp³-hybridized carbons (Fsp3) is 0.340. The van der Waals surface area contributed by atoms with Gasteiger partial charge in [-0.2, -0.15) is 0 Å². The Morgan fingerprint density at radius 1 is 0.247 bits per heavy atom. The van der Waals surface area contributed by atoms with Gasteiger partial charge in [-0.05, 0) is 81.6 Å². The number of benzene rings is 10. The van der Waals surface area contributed by atoms with Crippen molar-refractivity contribution >= 4 is 103 Å². The van der Waals surface area contributed by atoms with Crippen molar-refractivity contribution in [3.8, 4) is 0 Å². The van der Waals surface area contributed by atoms with Crippen LogP contribution in [0.3, 0.4) is 0 Å². The maximum atomic E-state index is 11.9. The Labute approximate surface area is 1000 Å². The molecule has 0 spiro atoms. The van der Waals surface area contributed by atoms with Crippen molar-refractivity contribution in [3.63, 3.8) is 0 Å². The van der Waals surface area contributed by atoms with Gasteiger partial charge in [0.25, 0.3) is 0 Å². The molecule has 776 valence electrons. The van der Waals surface area contributed by atoms with Crippen molar-refractivity contribution in [1.29, 1.82) is 0 Å². The summed E-state index contributed by atoms with van der Waals surface area (Å²) in [6.07, 6.45) is 5.24. The summed E-state index contributed by atoms with van der Waals surface area (Å²) in [7, 11) is -22.7. The van der Waals surface area contributed by atoms with Gasteiger partial charge in [-0.15, -0.1) is 0 Å². The molecule has 0 bridgehead atoms. The van der Waals surface area contributed by atoms with Gasteiger partial charge in [-0.1, -0.05) is 306 Å². The summed E-state index contributed by atoms with van der Waals surface area (Å²) in [6.45, 7) is 13.3. The third-order valence-corrected chi connectivity index (χ3v) is 25.4. The molecule has 10 unspecified atom stereocenters. The van der Waals surface area contributed by atoms with Crippen LogP contribution in [0.2, 0.25) is 0 Å². The van der Waals surface area contributed by atoms with Crippen molar-refractivity contribution in [2.24, 2.45) is 0 Å². The fourth-order valence-corrected chi connectivity index (χ4v) is 17.9. The first-order chi connectivity index (χ1) is 67.7. The normalized spacial score (nSPS) is 12.7. The van der Waals surface area contributed by atoms with Crippen LogP contribution in [0, 0.1) is 0 Å². The van der Waals surface area contributed by atoms with Crippen molar-refractivity contribution in [2.45, 2.75) is 123 Å². The predicted octanol–water partition coefficient (Wildman–Crippen LogP) is -6.82. The summed E-state index contributed by atoms with van der Waals surface area (Å²) in [5, 5.41) is 99.8. The van der Waals surface area contributed by atoms with Crippen molar-refractivity contribution < 1.29 is 325 Å². The summed E-state index contributed by atoms with van der Waals surface area (Å²) < 4.78 is 171. The molecular formula is C100H130K2LiN5Na2O31S5. The number of para-hydroxylation sites is 2. The Morgan fingerprint density at radius 3 is 0.555 bits per heavy atom. The van der Waals surface area contributed by atoms with Crippen LogP contribution in [-0.2, 0) is 79.4 Å². The second-order valence-corrected chi connectivity index (χ2v) is 37.3. The van der Waals surface area contributed by atoms with E-state index < -0.39 is 126 Å². The van der Waals surface area contributed by atoms with E-state index in [4.69, 9.17) is 28.8 Å². The van der Waals surface area contributed by atoms with Crippen LogP contribution in [0.4, 0.5) is 11.4 Å². The predicted molar refractivity (Wildman–Crippen MR) is 531 cm³/mol. The number of hydrogen-bond donors (Lipinski definition) is 10. The molecule has 10 aromatic rings. The van der Waals surface area contributed by atoms with Crippen LogP contribution in [0.15, 0.2) is 301 Å². The fourth-order valence-electron chi connectivity index (χ4n) is 15.3. The zero-order valence-electron chi connectivity index (χ0n) is 83.6. The van der Waals surface area contributed by atoms with Gasteiger partial charge in [-0.25, -0.2) is 42.1 Å². The Balaban J connectivity index is -0.000000406. The van der Waals surface area contributed by atoms with E-state index in [9.17, 15) is 116 Å². The molecule has 0 radical (unpaired) electrons. The van der Waals surface area contributed by atoms with Crippen LogP contribution in [0.5, 0.6) is 0 Å². The monoisotopic (exact) mass is 2190 g/mol. The molecule has 0 saturated carbocycles. The van der Waals surface area contributed by atoms with Gasteiger partial charge in [0.2, 0.25) is 0 Å². The van der Waals surface area contributed by atoms with Gasteiger partial charge in [0.05, 0.1) is 183 Å². The summed E-state index contributed by atoms with van der Waals surface area (Å²) in [5.74, 6) is -1.68. The van der Waals surface area contributed by atoms with Crippen molar-refractivity contribution in [3.05, 3.63) is 336 Å². The standard InChI is InChI=1S/2C22H23NO5S.2C18H23NO5S.C14H31NO5S.6CH2O.2K.Li.2Na/c2*24-15-20(17-9-3-1-4-10-17)23(21(16-25)18-11-5-2-6-12-18)19-13-7-8-14-22(19)29(26,27)28;2*20-13-17(15-7-3-1-4-8-15)19(11-12-25(22,23)24)18(14-21)16-9-5-2-6-10-16;1-3-5-7-13(11-16)15(9-10-21(18,19)20)14(12-17)8-6-4-2;6*1-2;;;;;/h2*1-14,20-21,24-25H,15-16H2,(H,26,27,28);2*1-10,17-18,20-21H,11-14H2,(H,22,23,24);13-14,16-17H,3-12H2,1-2H3,(H,18,19,20);6*1H2;;;;;/q;;;;;;;;;;;5*+1/p-5. The molecule has 46 heteroatoms. The summed E-state index contributed by atoms with van der Waals surface area (Å²) in [4.78, 5) is 55.6. The number of rotatable bonds is 47. The minimum atomic E-state index is -4.78. The second kappa shape index (κ2) is 87.1. The Bertz CT molecular complexity index is 5040. The van der Waals surface area contributed by atoms with Crippen LogP contribution in [0.25, 0.3) is 0 Å². The number of carbonyl (C=O) groups excluding carboxylic acids is 6. The van der Waals surface area contributed by atoms with E-state index in [1.807, 2.05) is 297 Å². The average molecular weight is 2190 g/mol. The smallest absolute Gasteiger partial charge is 0.748 e. The molecule has 0 aromatic heterocycles. The molecule has 0 aliphatic rings. The number of carbonyl (C=O) groups is 6. The van der Waals surface area contributed by atoms with E-state index in [1.54, 1.807) is 36.6 Å². The third kappa shape index (κ3) is 55.0. The summed E-state index contributed by atoms with van der Waals surface area (Å²) in [5.41, 5.74) is 6.28. The number of nitrogens with zero attached hydrogens (tertiary/aromatic N) is 5. The van der Waals surface area contributed by atoms with Gasteiger partial charge in [-0.3, -0.25) is 14.7 Å². The quantitative estimate of drug-likeness (QED) is 0.0125. The van der Waals surface area contributed by atoms with E-state index in [-0.39, 0.29) is 290 Å². The molecule has 146 heavy (non-hydrogen) atoms. The van der Waals surface area contributed by atoms with Gasteiger partial charge < -0.3 is 112 Å². The van der Waals surface area contributed by atoms with Crippen LogP contribution >= 0.6 is 0 Å². The molecule has 0 amide bonds. The minimum absolute atomic E-state index is 0. The maximum Gasteiger partial charge on any atom is 1.00 e. The minimum Gasteiger partial charge on any atom is -0.748 e. The zero-order valence-corrected chi connectivity index (χ0v) is 97.9. The number of anilines is 2. The average Bonchev–Trinajstić information content (AvgIpc) is 0.774. The van der Waals surface area contributed by atoms with Crippen LogP contribution in [0.1, 0.15) is 145 Å². The Morgan fingerprint density at radius 2 is 0.404 bits per heavy atom. The van der Waals surface area contributed by atoms with E-state index in [2.05, 4.69) is 0 Å². The molecule has 10 rings (SSSR count). The summed E-state index contributed by atoms with van der Waals surface area (Å²) in [6, 6.07) is 79.1. The van der Waals surface area contributed by atoms with E-state index >= 15 is 0 Å². The first kappa shape index (κ1) is 151. The molecule has 0 fully saturated rings. The molecular weight excluding hydrogens is 2060 g/mol. The molecule has 10 atom stereocenters. The van der Waals surface area contributed by atoms with Gasteiger partial charge in [0.15, 0.2) is 0 Å². The van der Waals surface area contributed by atoms with Crippen molar-refractivity contribution in [2.75, 3.05) is 113 Å². The number of aliphatic hydroxyl groups is 10. The summed E-state index contributed by atoms with van der Waals surface area (Å²) >= 11 is 0. The Kier molecular flexibility index (Phi) is 90.3. The molecule has 0 saturated heterocycles. The number of unbranched alkanes of at least 4 members (excludes halogenated alkanes) is 2. The third-order valence-electron chi connectivity index (χ3n) is 21.6. The largest absolute Gasteiger partial charge is 1.00 e. The molecule has 0 aliphatic carbocycles. The van der Waals surface area contributed by atoms with E-state index in [0.29, 0.717) is 0 Å². The first-order valence-corrected chi connectivity index (χ1v) is 51.3. The van der Waals surface area contributed by atoms with Gasteiger partial charge in [0, 0.05) is 31.7 Å². The van der Waals surface area contributed by atoms with Crippen molar-refractivity contribution in [1.82, 2.24) is 14.7 Å². The van der Waals surface area contributed by atoms with Crippen LogP contribution in [-0.4, -0.2) is 286 Å². The number of hydrogen-bond acceptors (Lipinski definition) is 36.